The Kier molecular flexibility index (Phi) is 6.24. The van der Waals surface area contributed by atoms with Crippen molar-refractivity contribution in [2.24, 2.45) is 0 Å². The Morgan fingerprint density at radius 2 is 2.09 bits per heavy atom. The van der Waals surface area contributed by atoms with Crippen molar-refractivity contribution in [2.75, 3.05) is 11.9 Å². The molecule has 164 valence electrons. The first kappa shape index (κ1) is 21.6. The number of anilines is 2. The van der Waals surface area contributed by atoms with Gasteiger partial charge in [-0.1, -0.05) is 22.8 Å². The van der Waals surface area contributed by atoms with Crippen LogP contribution in [-0.4, -0.2) is 36.4 Å². The molecule has 9 nitrogen and oxygen atoms in total. The lowest BCUT2D eigenvalue weighted by atomic mass is 10.0. The zero-order valence-corrected chi connectivity index (χ0v) is 17.6. The van der Waals surface area contributed by atoms with Crippen molar-refractivity contribution < 1.29 is 13.9 Å². The van der Waals surface area contributed by atoms with Gasteiger partial charge in [0.1, 0.15) is 5.82 Å². The van der Waals surface area contributed by atoms with Crippen LogP contribution in [0.25, 0.3) is 11.3 Å². The van der Waals surface area contributed by atoms with Crippen molar-refractivity contribution in [1.82, 2.24) is 24.7 Å². The van der Waals surface area contributed by atoms with E-state index in [1.165, 1.54) is 29.0 Å². The summed E-state index contributed by atoms with van der Waals surface area (Å²) in [6.07, 6.45) is 3.34. The number of nitrogens with zero attached hydrogens (tertiary/aromatic N) is 5. The summed E-state index contributed by atoms with van der Waals surface area (Å²) in [5.41, 5.74) is 1.25. The number of hydrogen-bond donors (Lipinski definition) is 2. The van der Waals surface area contributed by atoms with E-state index in [4.69, 9.17) is 16.0 Å². The highest BCUT2D eigenvalue weighted by Gasteiger charge is 2.17. The SMILES string of the molecule is Cc1nnc(Nc2nccc(-c3ccn([C@H](CCO)c4ccc(Cl)c(F)c4)c(=O)c3)n2)o1. The normalized spacial score (nSPS) is 12.0. The molecule has 1 aromatic carbocycles. The highest BCUT2D eigenvalue weighted by molar-refractivity contribution is 6.30. The fourth-order valence-electron chi connectivity index (χ4n) is 3.24. The number of nitrogens with one attached hydrogen (secondary N) is 1. The predicted molar refractivity (Wildman–Crippen MR) is 115 cm³/mol. The minimum absolute atomic E-state index is 0.0111. The maximum absolute atomic E-state index is 14.0. The first-order valence-electron chi connectivity index (χ1n) is 9.63. The molecule has 0 fully saturated rings. The van der Waals surface area contributed by atoms with Gasteiger partial charge in [0.2, 0.25) is 11.8 Å². The summed E-state index contributed by atoms with van der Waals surface area (Å²) >= 11 is 5.77. The van der Waals surface area contributed by atoms with Gasteiger partial charge < -0.3 is 14.1 Å². The third-order valence-electron chi connectivity index (χ3n) is 4.71. The van der Waals surface area contributed by atoms with Crippen LogP contribution in [0, 0.1) is 12.7 Å². The molecule has 0 aliphatic heterocycles. The minimum atomic E-state index is -0.589. The molecule has 3 aromatic heterocycles. The van der Waals surface area contributed by atoms with Crippen LogP contribution in [0.2, 0.25) is 5.02 Å². The zero-order valence-electron chi connectivity index (χ0n) is 16.9. The molecule has 2 N–H and O–H groups in total. The molecule has 0 aliphatic rings. The fraction of sp³-hybridized carbons (Fsp3) is 0.190. The molecule has 0 spiro atoms. The fourth-order valence-corrected chi connectivity index (χ4v) is 3.35. The van der Waals surface area contributed by atoms with Crippen molar-refractivity contribution >= 4 is 23.6 Å². The number of aliphatic hydroxyl groups is 1. The highest BCUT2D eigenvalue weighted by Crippen LogP contribution is 2.26. The lowest BCUT2D eigenvalue weighted by molar-refractivity contribution is 0.266. The van der Waals surface area contributed by atoms with Gasteiger partial charge in [-0.3, -0.25) is 10.1 Å². The van der Waals surface area contributed by atoms with Crippen molar-refractivity contribution in [1.29, 1.82) is 0 Å². The van der Waals surface area contributed by atoms with E-state index in [1.807, 2.05) is 0 Å². The molecule has 1 atom stereocenters. The van der Waals surface area contributed by atoms with Gasteiger partial charge in [-0.2, -0.15) is 0 Å². The highest BCUT2D eigenvalue weighted by atomic mass is 35.5. The van der Waals surface area contributed by atoms with Crippen LogP contribution < -0.4 is 10.9 Å². The number of pyridine rings is 1. The average Bonchev–Trinajstić information content (AvgIpc) is 3.19. The summed E-state index contributed by atoms with van der Waals surface area (Å²) in [5, 5.41) is 19.8. The van der Waals surface area contributed by atoms with E-state index in [-0.39, 0.29) is 35.6 Å². The summed E-state index contributed by atoms with van der Waals surface area (Å²) < 4.78 is 20.6. The van der Waals surface area contributed by atoms with Gasteiger partial charge in [-0.15, -0.1) is 5.10 Å². The zero-order chi connectivity index (χ0) is 22.7. The Bertz CT molecular complexity index is 1310. The number of benzene rings is 1. The van der Waals surface area contributed by atoms with E-state index in [0.29, 0.717) is 22.7 Å². The third kappa shape index (κ3) is 4.66. The summed E-state index contributed by atoms with van der Waals surface area (Å²) in [5.74, 6) is 0.0321. The largest absolute Gasteiger partial charge is 0.408 e. The van der Waals surface area contributed by atoms with Gasteiger partial charge >= 0.3 is 6.01 Å². The molecule has 0 saturated heterocycles. The quantitative estimate of drug-likeness (QED) is 0.433. The van der Waals surface area contributed by atoms with Crippen LogP contribution in [0.15, 0.2) is 58.0 Å². The van der Waals surface area contributed by atoms with Gasteiger partial charge in [0.25, 0.3) is 5.56 Å². The molecule has 0 bridgehead atoms. The van der Waals surface area contributed by atoms with Crippen molar-refractivity contribution in [3.8, 4) is 11.3 Å². The second-order valence-electron chi connectivity index (χ2n) is 6.88. The molecular weight excluding hydrogens is 439 g/mol. The number of halogens is 2. The molecule has 0 radical (unpaired) electrons. The lowest BCUT2D eigenvalue weighted by Crippen LogP contribution is -2.25. The van der Waals surface area contributed by atoms with E-state index in [9.17, 15) is 14.3 Å². The topological polar surface area (TPSA) is 119 Å². The first-order chi connectivity index (χ1) is 15.4. The van der Waals surface area contributed by atoms with E-state index in [1.54, 1.807) is 31.3 Å². The summed E-state index contributed by atoms with van der Waals surface area (Å²) in [6, 6.07) is 8.70. The number of hydrogen-bond acceptors (Lipinski definition) is 8. The second-order valence-corrected chi connectivity index (χ2v) is 7.29. The number of aromatic nitrogens is 5. The maximum atomic E-state index is 14.0. The van der Waals surface area contributed by atoms with Gasteiger partial charge in [0.15, 0.2) is 0 Å². The van der Waals surface area contributed by atoms with Gasteiger partial charge in [0, 0.05) is 37.6 Å². The molecule has 3 heterocycles. The predicted octanol–water partition coefficient (Wildman–Crippen LogP) is 3.50. The number of aliphatic hydroxyl groups excluding tert-OH is 1. The Morgan fingerprint density at radius 3 is 2.78 bits per heavy atom. The van der Waals surface area contributed by atoms with Crippen LogP contribution in [0.1, 0.15) is 23.9 Å². The smallest absolute Gasteiger partial charge is 0.322 e. The van der Waals surface area contributed by atoms with Crippen LogP contribution in [-0.2, 0) is 0 Å². The Hall–Kier alpha value is -3.63. The summed E-state index contributed by atoms with van der Waals surface area (Å²) in [4.78, 5) is 21.4. The van der Waals surface area contributed by atoms with E-state index in [2.05, 4.69) is 25.5 Å². The monoisotopic (exact) mass is 456 g/mol. The van der Waals surface area contributed by atoms with Crippen LogP contribution in [0.5, 0.6) is 0 Å². The molecular formula is C21H18ClFN6O3. The number of rotatable bonds is 7. The van der Waals surface area contributed by atoms with Crippen molar-refractivity contribution in [3.05, 3.63) is 81.4 Å². The summed E-state index contributed by atoms with van der Waals surface area (Å²) in [6.45, 7) is 1.48. The standard InChI is InChI=1S/C21H18ClFN6O3/c1-12-27-28-21(32-12)26-20-24-7-4-17(25-20)13-5-8-29(19(31)11-13)18(6-9-30)14-2-3-15(22)16(23)10-14/h2-5,7-8,10-11,18,30H,6,9H2,1H3,(H,24,25,26,28)/t18-/m1/s1. The molecule has 4 aromatic rings. The average molecular weight is 457 g/mol. The number of aryl methyl sites for hydroxylation is 1. The molecule has 0 amide bonds. The van der Waals surface area contributed by atoms with Gasteiger partial charge in [-0.05, 0) is 36.2 Å². The van der Waals surface area contributed by atoms with Crippen molar-refractivity contribution in [3.63, 3.8) is 0 Å². The van der Waals surface area contributed by atoms with Gasteiger partial charge in [-0.25, -0.2) is 14.4 Å². The molecule has 0 unspecified atom stereocenters. The Morgan fingerprint density at radius 1 is 1.25 bits per heavy atom. The first-order valence-corrected chi connectivity index (χ1v) is 10.0. The molecule has 0 saturated carbocycles. The summed E-state index contributed by atoms with van der Waals surface area (Å²) in [7, 11) is 0. The molecule has 32 heavy (non-hydrogen) atoms. The third-order valence-corrected chi connectivity index (χ3v) is 5.02. The second kappa shape index (κ2) is 9.25. The van der Waals surface area contributed by atoms with Crippen LogP contribution in [0.4, 0.5) is 16.4 Å². The Labute approximate surface area is 186 Å². The van der Waals surface area contributed by atoms with E-state index < -0.39 is 11.9 Å². The molecule has 4 rings (SSSR count). The van der Waals surface area contributed by atoms with Crippen LogP contribution >= 0.6 is 11.6 Å². The Balaban J connectivity index is 1.64. The van der Waals surface area contributed by atoms with Crippen LogP contribution in [0.3, 0.4) is 0 Å². The van der Waals surface area contributed by atoms with Crippen molar-refractivity contribution in [2.45, 2.75) is 19.4 Å². The van der Waals surface area contributed by atoms with E-state index >= 15 is 0 Å². The van der Waals surface area contributed by atoms with E-state index in [0.717, 1.165) is 0 Å². The maximum Gasteiger partial charge on any atom is 0.322 e. The lowest BCUT2D eigenvalue weighted by Gasteiger charge is -2.20. The molecule has 0 aliphatic carbocycles. The minimum Gasteiger partial charge on any atom is -0.408 e. The van der Waals surface area contributed by atoms with Gasteiger partial charge in [0.05, 0.1) is 16.8 Å². The molecule has 11 heteroatoms.